The molecule has 0 N–H and O–H groups in total. The van der Waals surface area contributed by atoms with Gasteiger partial charge in [-0.05, 0) is 4.28 Å². The molecular weight excluding hydrogens is 280 g/mol. The molecular formula is C14H38Si4. The maximum atomic E-state index is 2.66. The van der Waals surface area contributed by atoms with Crippen LogP contribution in [0.3, 0.4) is 0 Å². The lowest BCUT2D eigenvalue weighted by molar-refractivity contribution is 0.833. The molecule has 0 aliphatic rings. The Hall–Kier alpha value is 0.868. The normalized spacial score (nSPS) is 15.3. The summed E-state index contributed by atoms with van der Waals surface area (Å²) < 4.78 is 0.796. The van der Waals surface area contributed by atoms with Crippen LogP contribution in [0.15, 0.2) is 0 Å². The van der Waals surface area contributed by atoms with Crippen molar-refractivity contribution in [1.29, 1.82) is 0 Å². The van der Waals surface area contributed by atoms with Gasteiger partial charge in [-0.3, -0.25) is 0 Å². The van der Waals surface area contributed by atoms with Crippen LogP contribution < -0.4 is 0 Å². The molecule has 110 valence electrons. The summed E-state index contributed by atoms with van der Waals surface area (Å²) in [6.45, 7) is 29.0. The van der Waals surface area contributed by atoms with Crippen molar-refractivity contribution in [3.63, 3.8) is 0 Å². The van der Waals surface area contributed by atoms with Crippen LogP contribution in [0, 0.1) is 0 Å². The number of hydrogen-bond donors (Lipinski definition) is 0. The highest BCUT2D eigenvalue weighted by Gasteiger charge is 2.58. The van der Waals surface area contributed by atoms with E-state index in [1.165, 1.54) is 0 Å². The van der Waals surface area contributed by atoms with E-state index in [9.17, 15) is 0 Å². The first-order valence-corrected chi connectivity index (χ1v) is 21.3. The van der Waals surface area contributed by atoms with E-state index in [-0.39, 0.29) is 0 Å². The molecule has 0 aliphatic heterocycles. The van der Waals surface area contributed by atoms with Crippen molar-refractivity contribution in [3.05, 3.63) is 0 Å². The van der Waals surface area contributed by atoms with Crippen molar-refractivity contribution in [2.75, 3.05) is 0 Å². The van der Waals surface area contributed by atoms with Crippen LogP contribution in [0.4, 0.5) is 0 Å². The number of hydrogen-bond acceptors (Lipinski definition) is 0. The zero-order valence-electron chi connectivity index (χ0n) is 15.0. The van der Waals surface area contributed by atoms with Gasteiger partial charge in [0, 0.05) is 33.0 Å². The zero-order chi connectivity index (χ0) is 15.0. The predicted octanol–water partition coefficient (Wildman–Crippen LogP) is 5.70. The SMILES string of the molecule is C[SiH](C)CCC([Si](C)(C)C)([Si](C)(C)C)[Si](C)(C)C. The lowest BCUT2D eigenvalue weighted by atomic mass is 10.5. The van der Waals surface area contributed by atoms with E-state index in [0.29, 0.717) is 0 Å². The van der Waals surface area contributed by atoms with Gasteiger partial charge in [-0.15, -0.1) is 0 Å². The minimum atomic E-state index is -1.13. The van der Waals surface area contributed by atoms with E-state index in [4.69, 9.17) is 0 Å². The van der Waals surface area contributed by atoms with Crippen LogP contribution in [-0.2, 0) is 0 Å². The summed E-state index contributed by atoms with van der Waals surface area (Å²) in [6, 6.07) is 1.57. The average Bonchev–Trinajstić information content (AvgIpc) is 1.94. The monoisotopic (exact) mass is 318 g/mol. The molecule has 0 nitrogen and oxygen atoms in total. The van der Waals surface area contributed by atoms with Crippen molar-refractivity contribution < 1.29 is 0 Å². The average molecular weight is 319 g/mol. The second kappa shape index (κ2) is 5.70. The topological polar surface area (TPSA) is 0 Å². The smallest absolute Gasteiger partial charge is 0.0452 e. The van der Waals surface area contributed by atoms with E-state index >= 15 is 0 Å². The van der Waals surface area contributed by atoms with Crippen LogP contribution in [0.25, 0.3) is 0 Å². The molecule has 0 bridgehead atoms. The second-order valence-corrected chi connectivity index (χ2v) is 30.5. The van der Waals surface area contributed by atoms with Gasteiger partial charge in [-0.25, -0.2) is 0 Å². The molecule has 0 atom stereocenters. The van der Waals surface area contributed by atoms with E-state index in [0.717, 1.165) is 4.28 Å². The van der Waals surface area contributed by atoms with E-state index in [1.807, 2.05) is 0 Å². The first-order valence-electron chi connectivity index (χ1n) is 7.67. The summed E-state index contributed by atoms with van der Waals surface area (Å²) in [6.07, 6.45) is 1.57. The van der Waals surface area contributed by atoms with Crippen molar-refractivity contribution in [1.82, 2.24) is 0 Å². The van der Waals surface area contributed by atoms with E-state index in [1.54, 1.807) is 12.5 Å². The molecule has 4 heteroatoms. The molecule has 0 amide bonds. The minimum Gasteiger partial charge on any atom is -0.0722 e. The van der Waals surface area contributed by atoms with Gasteiger partial charge in [0.05, 0.1) is 0 Å². The Labute approximate surface area is 122 Å². The van der Waals surface area contributed by atoms with Gasteiger partial charge < -0.3 is 0 Å². The summed E-state index contributed by atoms with van der Waals surface area (Å²) in [7, 11) is -3.81. The maximum Gasteiger partial charge on any atom is 0.0452 e. The van der Waals surface area contributed by atoms with Crippen molar-refractivity contribution in [3.8, 4) is 0 Å². The van der Waals surface area contributed by atoms with Gasteiger partial charge in [0.15, 0.2) is 0 Å². The van der Waals surface area contributed by atoms with Crippen LogP contribution in [0.2, 0.25) is 82.3 Å². The van der Waals surface area contributed by atoms with Gasteiger partial charge in [-0.2, -0.15) is 0 Å². The third-order valence-corrected chi connectivity index (χ3v) is 28.3. The molecule has 0 aromatic rings. The summed E-state index contributed by atoms with van der Waals surface area (Å²) >= 11 is 0. The molecule has 0 aromatic carbocycles. The Kier molecular flexibility index (Phi) is 5.97. The highest BCUT2D eigenvalue weighted by atomic mass is 28.5. The quantitative estimate of drug-likeness (QED) is 0.551. The summed E-state index contributed by atoms with van der Waals surface area (Å²) in [4.78, 5) is 0. The highest BCUT2D eigenvalue weighted by Crippen LogP contribution is 2.57. The summed E-state index contributed by atoms with van der Waals surface area (Å²) in [5, 5.41) is 0. The fourth-order valence-corrected chi connectivity index (χ4v) is 36.6. The molecule has 18 heavy (non-hydrogen) atoms. The van der Waals surface area contributed by atoms with Gasteiger partial charge in [-0.1, -0.05) is 84.5 Å². The summed E-state index contributed by atoms with van der Waals surface area (Å²) in [5.41, 5.74) is 0. The van der Waals surface area contributed by atoms with Crippen LogP contribution in [0.1, 0.15) is 6.42 Å². The molecule has 0 spiro atoms. The minimum absolute atomic E-state index is 0.419. The second-order valence-electron chi connectivity index (χ2n) is 9.59. The first-order chi connectivity index (χ1) is 7.67. The van der Waals surface area contributed by atoms with Crippen molar-refractivity contribution in [2.24, 2.45) is 0 Å². The fourth-order valence-electron chi connectivity index (χ4n) is 5.01. The lowest BCUT2D eigenvalue weighted by Crippen LogP contribution is -2.65. The third-order valence-electron chi connectivity index (χ3n) is 4.94. The Morgan fingerprint density at radius 3 is 1.11 bits per heavy atom. The maximum absolute atomic E-state index is 2.66. The molecule has 0 heterocycles. The standard InChI is InChI=1S/C14H38Si4/c1-15(2)13-12-14(16(3,4)5,17(6,7)8)18(9,10)11/h15H,12-13H2,1-11H3. The molecule has 0 aliphatic carbocycles. The molecule has 0 rings (SSSR count). The number of rotatable bonds is 6. The Balaban J connectivity index is 5.76. The van der Waals surface area contributed by atoms with Gasteiger partial charge in [0.1, 0.15) is 0 Å². The van der Waals surface area contributed by atoms with Gasteiger partial charge >= 0.3 is 0 Å². The Morgan fingerprint density at radius 1 is 0.667 bits per heavy atom. The van der Waals surface area contributed by atoms with Crippen LogP contribution in [-0.4, -0.2) is 33.0 Å². The molecule has 0 aromatic heterocycles. The van der Waals surface area contributed by atoms with E-state index < -0.39 is 33.0 Å². The van der Waals surface area contributed by atoms with Crippen LogP contribution in [0.5, 0.6) is 0 Å². The summed E-state index contributed by atoms with van der Waals surface area (Å²) in [5.74, 6) is 0. The largest absolute Gasteiger partial charge is 0.0722 e. The van der Waals surface area contributed by atoms with Crippen molar-refractivity contribution in [2.45, 2.75) is 88.8 Å². The van der Waals surface area contributed by atoms with Gasteiger partial charge in [0.25, 0.3) is 0 Å². The fraction of sp³-hybridized carbons (Fsp3) is 1.00. The molecule has 0 unspecified atom stereocenters. The van der Waals surface area contributed by atoms with Gasteiger partial charge in [0.2, 0.25) is 0 Å². The lowest BCUT2D eigenvalue weighted by Gasteiger charge is -2.59. The van der Waals surface area contributed by atoms with Crippen molar-refractivity contribution >= 4 is 33.0 Å². The molecule has 0 saturated heterocycles. The molecule has 0 fully saturated rings. The Morgan fingerprint density at radius 2 is 0.944 bits per heavy atom. The molecule has 0 radical (unpaired) electrons. The predicted molar refractivity (Wildman–Crippen MR) is 101 cm³/mol. The Bertz CT molecular complexity index is 227. The third kappa shape index (κ3) is 3.70. The highest BCUT2D eigenvalue weighted by molar-refractivity contribution is 7.15. The molecule has 0 saturated carbocycles. The van der Waals surface area contributed by atoms with E-state index in [2.05, 4.69) is 72.0 Å². The first kappa shape index (κ1) is 18.9. The van der Waals surface area contributed by atoms with Crippen LogP contribution >= 0.6 is 0 Å². The zero-order valence-corrected chi connectivity index (χ0v) is 19.1.